The van der Waals surface area contributed by atoms with Gasteiger partial charge in [-0.25, -0.2) is 0 Å². The number of nitrogens with one attached hydrogen (secondary N) is 1. The number of benzene rings is 4. The van der Waals surface area contributed by atoms with E-state index in [1.807, 2.05) is 18.2 Å². The molecule has 4 aromatic rings. The van der Waals surface area contributed by atoms with E-state index in [0.29, 0.717) is 43.4 Å². The molecular formula is C49H52N4O7. The fraction of sp³-hybridized carbons (Fsp3) is 0.449. The third kappa shape index (κ3) is 6.48. The molecule has 7 aliphatic rings. The van der Waals surface area contributed by atoms with Gasteiger partial charge >= 0.3 is 0 Å². The number of nitrogens with zero attached hydrogens (tertiary/aromatic N) is 3. The summed E-state index contributed by atoms with van der Waals surface area (Å²) in [6, 6.07) is 29.3. The molecule has 6 heterocycles. The number of fused-ring (bicyclic) bond motifs is 5. The molecule has 11 rings (SSSR count). The Balaban J connectivity index is 0.697. The molecule has 0 bridgehead atoms. The number of rotatable bonds is 6. The Morgan fingerprint density at radius 2 is 1.62 bits per heavy atom. The van der Waals surface area contributed by atoms with Crippen molar-refractivity contribution in [3.8, 4) is 11.5 Å². The summed E-state index contributed by atoms with van der Waals surface area (Å²) in [5, 5.41) is 12.7. The minimum atomic E-state index is -0.638. The molecule has 4 atom stereocenters. The smallest absolute Gasteiger partial charge is 0.255 e. The van der Waals surface area contributed by atoms with Crippen molar-refractivity contribution in [2.45, 2.75) is 93.1 Å². The van der Waals surface area contributed by atoms with Crippen LogP contribution in [0.1, 0.15) is 101 Å². The van der Waals surface area contributed by atoms with Gasteiger partial charge in [0.15, 0.2) is 5.79 Å². The summed E-state index contributed by atoms with van der Waals surface area (Å²) in [4.78, 5) is 44.3. The summed E-state index contributed by atoms with van der Waals surface area (Å²) in [7, 11) is 0. The lowest BCUT2D eigenvalue weighted by Crippen LogP contribution is -2.52. The van der Waals surface area contributed by atoms with Gasteiger partial charge in [-0.15, -0.1) is 0 Å². The van der Waals surface area contributed by atoms with Crippen molar-refractivity contribution < 1.29 is 33.7 Å². The number of phenolic OH excluding ortho intramolecular Hbond substituents is 1. The van der Waals surface area contributed by atoms with Crippen LogP contribution in [0.2, 0.25) is 0 Å². The van der Waals surface area contributed by atoms with E-state index in [0.717, 1.165) is 82.6 Å². The highest BCUT2D eigenvalue weighted by molar-refractivity contribution is 6.05. The molecule has 4 aromatic carbocycles. The topological polar surface area (TPSA) is 121 Å². The van der Waals surface area contributed by atoms with Crippen LogP contribution in [0.15, 0.2) is 84.9 Å². The number of amides is 3. The Morgan fingerprint density at radius 1 is 0.817 bits per heavy atom. The van der Waals surface area contributed by atoms with Crippen LogP contribution in [0.3, 0.4) is 0 Å². The first-order chi connectivity index (χ1) is 29.2. The number of aromatic hydroxyl groups is 1. The highest BCUT2D eigenvalue weighted by Crippen LogP contribution is 2.51. The number of piperidine rings is 3. The monoisotopic (exact) mass is 808 g/mol. The number of hydrogen-bond acceptors (Lipinski definition) is 9. The van der Waals surface area contributed by atoms with E-state index in [4.69, 9.17) is 14.2 Å². The third-order valence-corrected chi connectivity index (χ3v) is 14.9. The fourth-order valence-electron chi connectivity index (χ4n) is 11.6. The molecule has 4 fully saturated rings. The van der Waals surface area contributed by atoms with Gasteiger partial charge in [0.1, 0.15) is 17.5 Å². The Labute approximate surface area is 350 Å². The summed E-state index contributed by atoms with van der Waals surface area (Å²) >= 11 is 0. The van der Waals surface area contributed by atoms with Gasteiger partial charge in [-0.2, -0.15) is 0 Å². The summed E-state index contributed by atoms with van der Waals surface area (Å²) in [6.07, 6.45) is 6.19. The molecule has 2 unspecified atom stereocenters. The number of imide groups is 1. The largest absolute Gasteiger partial charge is 0.508 e. The Morgan fingerprint density at radius 3 is 2.40 bits per heavy atom. The predicted molar refractivity (Wildman–Crippen MR) is 224 cm³/mol. The van der Waals surface area contributed by atoms with Gasteiger partial charge in [-0.1, -0.05) is 54.6 Å². The van der Waals surface area contributed by atoms with Crippen LogP contribution in [0, 0.1) is 0 Å². The first-order valence-electron chi connectivity index (χ1n) is 21.9. The van der Waals surface area contributed by atoms with E-state index in [1.54, 1.807) is 4.90 Å². The number of carbonyl (C=O) groups is 3. The lowest BCUT2D eigenvalue weighted by atomic mass is 9.69. The van der Waals surface area contributed by atoms with Gasteiger partial charge in [0.05, 0.1) is 25.9 Å². The van der Waals surface area contributed by atoms with E-state index in [2.05, 4.69) is 81.8 Å². The van der Waals surface area contributed by atoms with Crippen molar-refractivity contribution in [3.63, 3.8) is 0 Å². The summed E-state index contributed by atoms with van der Waals surface area (Å²) < 4.78 is 19.7. The molecule has 0 saturated carbocycles. The van der Waals surface area contributed by atoms with Crippen molar-refractivity contribution in [2.24, 2.45) is 0 Å². The quantitative estimate of drug-likeness (QED) is 0.221. The average molecular weight is 809 g/mol. The molecule has 6 aliphatic heterocycles. The zero-order valence-corrected chi connectivity index (χ0v) is 33.9. The van der Waals surface area contributed by atoms with Crippen molar-refractivity contribution in [1.82, 2.24) is 15.1 Å². The number of phenols is 1. The summed E-state index contributed by atoms with van der Waals surface area (Å²) in [6.45, 7) is 5.97. The van der Waals surface area contributed by atoms with Crippen LogP contribution < -0.4 is 15.0 Å². The SMILES string of the molecule is O=C1CCC(N2Cc3c(ccc4c3OCC43CCN(CC4COC5(CCN(c6ccc([C@@H]7c8ccc(O)cc8CC[C@@H]7c7ccccc7)cc6)CC5)O4)CC3)C2=O)C(=O)N1. The molecule has 310 valence electrons. The van der Waals surface area contributed by atoms with Crippen molar-refractivity contribution in [1.29, 1.82) is 0 Å². The fourth-order valence-corrected chi connectivity index (χ4v) is 11.6. The maximum Gasteiger partial charge on any atom is 0.255 e. The van der Waals surface area contributed by atoms with Gasteiger partial charge in [-0.3, -0.25) is 19.7 Å². The Hall–Kier alpha value is -5.23. The van der Waals surface area contributed by atoms with Crippen LogP contribution in [-0.4, -0.2) is 96.5 Å². The van der Waals surface area contributed by atoms with Gasteiger partial charge in [0.25, 0.3) is 5.91 Å². The van der Waals surface area contributed by atoms with E-state index in [9.17, 15) is 19.5 Å². The van der Waals surface area contributed by atoms with Gasteiger partial charge in [0, 0.05) is 72.6 Å². The molecule has 1 aliphatic carbocycles. The average Bonchev–Trinajstić information content (AvgIpc) is 3.95. The van der Waals surface area contributed by atoms with E-state index in [-0.39, 0.29) is 35.7 Å². The second kappa shape index (κ2) is 14.7. The number of aryl methyl sites for hydroxylation is 1. The predicted octanol–water partition coefficient (Wildman–Crippen LogP) is 6.15. The molecule has 4 saturated heterocycles. The zero-order valence-electron chi connectivity index (χ0n) is 33.9. The minimum Gasteiger partial charge on any atom is -0.508 e. The molecule has 11 nitrogen and oxygen atoms in total. The summed E-state index contributed by atoms with van der Waals surface area (Å²) in [5.41, 5.74) is 9.02. The second-order valence-corrected chi connectivity index (χ2v) is 18.2. The minimum absolute atomic E-state index is 0.0300. The van der Waals surface area contributed by atoms with Crippen molar-refractivity contribution >= 4 is 23.4 Å². The lowest BCUT2D eigenvalue weighted by Gasteiger charge is -2.40. The molecule has 2 N–H and O–H groups in total. The molecule has 0 aromatic heterocycles. The molecule has 2 spiro atoms. The molecule has 0 radical (unpaired) electrons. The van der Waals surface area contributed by atoms with E-state index >= 15 is 0 Å². The Kier molecular flexibility index (Phi) is 9.28. The van der Waals surface area contributed by atoms with Crippen LogP contribution >= 0.6 is 0 Å². The maximum absolute atomic E-state index is 13.4. The van der Waals surface area contributed by atoms with Crippen LogP contribution in [-0.2, 0) is 37.4 Å². The number of anilines is 1. The highest BCUT2D eigenvalue weighted by Gasteiger charge is 2.49. The maximum atomic E-state index is 13.4. The van der Waals surface area contributed by atoms with E-state index < -0.39 is 17.7 Å². The third-order valence-electron chi connectivity index (χ3n) is 14.9. The van der Waals surface area contributed by atoms with Crippen molar-refractivity contribution in [2.75, 3.05) is 50.8 Å². The Bertz CT molecular complexity index is 2330. The first kappa shape index (κ1) is 37.7. The number of carbonyl (C=O) groups excluding carboxylic acids is 3. The number of ether oxygens (including phenoxy) is 3. The second-order valence-electron chi connectivity index (χ2n) is 18.2. The molecular weight excluding hydrogens is 757 g/mol. The number of likely N-dealkylation sites (tertiary alicyclic amines) is 1. The zero-order chi connectivity index (χ0) is 40.6. The lowest BCUT2D eigenvalue weighted by molar-refractivity contribution is -0.181. The van der Waals surface area contributed by atoms with Gasteiger partial charge in [0.2, 0.25) is 11.8 Å². The van der Waals surface area contributed by atoms with Crippen molar-refractivity contribution in [3.05, 3.63) is 124 Å². The van der Waals surface area contributed by atoms with Crippen LogP contribution in [0.5, 0.6) is 11.5 Å². The van der Waals surface area contributed by atoms with Gasteiger partial charge in [-0.05, 0) is 104 Å². The standard InChI is InChI=1S/C49H52N4O7/c54-35-11-13-38-33(26-35)8-12-37(31-4-2-1-3-5-31)44(38)32-6-9-34(10-7-32)52-24-20-49(21-25-52)59-29-36(60-49)27-51-22-18-48(19-23-51)30-58-45-40-28-53(42-16-17-43(55)50-46(42)56)47(57)39(40)14-15-41(45)48/h1-7,9-11,13-15,26,36-37,42,44,54H,8,12,16-25,27-30H2,(H,50,55,56)/t36?,37-,42?,44+/m1/s1. The van der Waals surface area contributed by atoms with Crippen LogP contribution in [0.4, 0.5) is 5.69 Å². The number of hydrogen-bond donors (Lipinski definition) is 2. The van der Waals surface area contributed by atoms with Gasteiger partial charge < -0.3 is 34.0 Å². The first-order valence-corrected chi connectivity index (χ1v) is 21.9. The molecule has 60 heavy (non-hydrogen) atoms. The van der Waals surface area contributed by atoms with Crippen LogP contribution in [0.25, 0.3) is 0 Å². The normalized spacial score (nSPS) is 26.8. The molecule has 11 heteroatoms. The molecule has 3 amide bonds. The highest BCUT2D eigenvalue weighted by atomic mass is 16.7. The van der Waals surface area contributed by atoms with E-state index in [1.165, 1.54) is 33.5 Å². The summed E-state index contributed by atoms with van der Waals surface area (Å²) in [5.74, 6) is 0.380.